The monoisotopic (exact) mass is 219 g/mol. The molecule has 0 aromatic carbocycles. The van der Waals surface area contributed by atoms with Crippen LogP contribution in [0.5, 0.6) is 0 Å². The van der Waals surface area contributed by atoms with Gasteiger partial charge in [-0.15, -0.1) is 0 Å². The maximum Gasteiger partial charge on any atom is 0.269 e. The first-order valence-corrected chi connectivity index (χ1v) is 5.80. The van der Waals surface area contributed by atoms with Crippen LogP contribution in [0.1, 0.15) is 36.7 Å². The molecule has 1 heterocycles. The molecule has 2 N–H and O–H groups in total. The average molecular weight is 219 g/mol. The molecule has 86 valence electrons. The van der Waals surface area contributed by atoms with Gasteiger partial charge in [0, 0.05) is 24.5 Å². The van der Waals surface area contributed by atoms with Crippen LogP contribution < -0.4 is 10.6 Å². The van der Waals surface area contributed by atoms with Crippen molar-refractivity contribution < 1.29 is 4.79 Å². The SMILES string of the molecule is CCCNC(=O)c1cc(NC2CC2)ccn1. The van der Waals surface area contributed by atoms with Crippen LogP contribution in [0.15, 0.2) is 18.3 Å². The van der Waals surface area contributed by atoms with Gasteiger partial charge in [0.15, 0.2) is 0 Å². The second-order valence-electron chi connectivity index (χ2n) is 4.10. The molecule has 0 atom stereocenters. The van der Waals surface area contributed by atoms with Crippen LogP contribution in [-0.4, -0.2) is 23.5 Å². The highest BCUT2D eigenvalue weighted by Gasteiger charge is 2.21. The number of anilines is 1. The van der Waals surface area contributed by atoms with Crippen LogP contribution in [-0.2, 0) is 0 Å². The Morgan fingerprint density at radius 3 is 3.06 bits per heavy atom. The number of hydrogen-bond acceptors (Lipinski definition) is 3. The third kappa shape index (κ3) is 2.95. The fourth-order valence-corrected chi connectivity index (χ4v) is 1.44. The summed E-state index contributed by atoms with van der Waals surface area (Å²) in [5, 5.41) is 6.16. The zero-order chi connectivity index (χ0) is 11.4. The summed E-state index contributed by atoms with van der Waals surface area (Å²) in [5.74, 6) is -0.0960. The summed E-state index contributed by atoms with van der Waals surface area (Å²) < 4.78 is 0. The fraction of sp³-hybridized carbons (Fsp3) is 0.500. The van der Waals surface area contributed by atoms with E-state index in [4.69, 9.17) is 0 Å². The lowest BCUT2D eigenvalue weighted by Crippen LogP contribution is -2.25. The third-order valence-electron chi connectivity index (χ3n) is 2.48. The Kier molecular flexibility index (Phi) is 3.39. The second kappa shape index (κ2) is 4.96. The van der Waals surface area contributed by atoms with Gasteiger partial charge >= 0.3 is 0 Å². The molecule has 0 aliphatic heterocycles. The van der Waals surface area contributed by atoms with Crippen LogP contribution in [0.3, 0.4) is 0 Å². The number of amides is 1. The number of aromatic nitrogens is 1. The van der Waals surface area contributed by atoms with Crippen LogP contribution in [0, 0.1) is 0 Å². The number of rotatable bonds is 5. The average Bonchev–Trinajstić information content (AvgIpc) is 3.10. The fourth-order valence-electron chi connectivity index (χ4n) is 1.44. The Bertz CT molecular complexity index is 374. The van der Waals surface area contributed by atoms with Crippen LogP contribution in [0.4, 0.5) is 5.69 Å². The molecular formula is C12H17N3O. The van der Waals surface area contributed by atoms with Crippen molar-refractivity contribution in [3.05, 3.63) is 24.0 Å². The molecule has 1 fully saturated rings. The standard InChI is InChI=1S/C12H17N3O/c1-2-6-14-12(16)11-8-10(5-7-13-11)15-9-3-4-9/h5,7-9H,2-4,6H2,1H3,(H,13,15)(H,14,16). The molecule has 0 saturated heterocycles. The van der Waals surface area contributed by atoms with Gasteiger partial charge in [0.2, 0.25) is 0 Å². The van der Waals surface area contributed by atoms with Crippen molar-refractivity contribution in [3.63, 3.8) is 0 Å². The molecule has 0 radical (unpaired) electrons. The molecule has 1 aromatic rings. The number of carbonyl (C=O) groups excluding carboxylic acids is 1. The molecule has 16 heavy (non-hydrogen) atoms. The van der Waals surface area contributed by atoms with E-state index in [1.807, 2.05) is 19.1 Å². The number of nitrogens with zero attached hydrogens (tertiary/aromatic N) is 1. The van der Waals surface area contributed by atoms with Gasteiger partial charge in [-0.1, -0.05) is 6.92 Å². The Morgan fingerprint density at radius 1 is 1.56 bits per heavy atom. The normalized spacial score (nSPS) is 14.6. The Hall–Kier alpha value is -1.58. The van der Waals surface area contributed by atoms with Gasteiger partial charge in [-0.25, -0.2) is 0 Å². The summed E-state index contributed by atoms with van der Waals surface area (Å²) in [5.41, 5.74) is 1.47. The van der Waals surface area contributed by atoms with Gasteiger partial charge in [0.05, 0.1) is 0 Å². The first kappa shape index (κ1) is 10.9. The van der Waals surface area contributed by atoms with Gasteiger partial charge in [-0.05, 0) is 31.4 Å². The summed E-state index contributed by atoms with van der Waals surface area (Å²) in [6.07, 6.45) is 5.05. The van der Waals surface area contributed by atoms with E-state index in [1.165, 1.54) is 12.8 Å². The zero-order valence-electron chi connectivity index (χ0n) is 9.49. The summed E-state index contributed by atoms with van der Waals surface area (Å²) in [4.78, 5) is 15.7. The lowest BCUT2D eigenvalue weighted by Gasteiger charge is -2.06. The molecule has 0 spiro atoms. The van der Waals surface area contributed by atoms with Crippen molar-refractivity contribution >= 4 is 11.6 Å². The summed E-state index contributed by atoms with van der Waals surface area (Å²) in [6.45, 7) is 2.72. The predicted molar refractivity (Wildman–Crippen MR) is 63.5 cm³/mol. The second-order valence-corrected chi connectivity index (χ2v) is 4.10. The van der Waals surface area contributed by atoms with Gasteiger partial charge < -0.3 is 10.6 Å². The van der Waals surface area contributed by atoms with E-state index in [2.05, 4.69) is 15.6 Å². The highest BCUT2D eigenvalue weighted by molar-refractivity contribution is 5.93. The predicted octanol–water partition coefficient (Wildman–Crippen LogP) is 1.80. The lowest BCUT2D eigenvalue weighted by molar-refractivity contribution is 0.0949. The highest BCUT2D eigenvalue weighted by Crippen LogP contribution is 2.24. The molecule has 1 amide bonds. The molecule has 1 aliphatic carbocycles. The van der Waals surface area contributed by atoms with Crippen molar-refractivity contribution in [2.24, 2.45) is 0 Å². The minimum absolute atomic E-state index is 0.0960. The van der Waals surface area contributed by atoms with Crippen LogP contribution >= 0.6 is 0 Å². The van der Waals surface area contributed by atoms with E-state index in [1.54, 1.807) is 6.20 Å². The van der Waals surface area contributed by atoms with Crippen LogP contribution in [0.2, 0.25) is 0 Å². The highest BCUT2D eigenvalue weighted by atomic mass is 16.1. The number of carbonyl (C=O) groups is 1. The first-order chi connectivity index (χ1) is 7.79. The molecular weight excluding hydrogens is 202 g/mol. The topological polar surface area (TPSA) is 54.0 Å². The summed E-state index contributed by atoms with van der Waals surface area (Å²) in [7, 11) is 0. The lowest BCUT2D eigenvalue weighted by atomic mass is 10.3. The zero-order valence-corrected chi connectivity index (χ0v) is 9.49. The Balaban J connectivity index is 1.99. The smallest absolute Gasteiger partial charge is 0.269 e. The molecule has 1 saturated carbocycles. The molecule has 1 aliphatic rings. The summed E-state index contributed by atoms with van der Waals surface area (Å²) >= 11 is 0. The van der Waals surface area contributed by atoms with Gasteiger partial charge in [-0.3, -0.25) is 9.78 Å². The minimum atomic E-state index is -0.0960. The molecule has 4 heteroatoms. The quantitative estimate of drug-likeness (QED) is 0.794. The van der Waals surface area contributed by atoms with Crippen molar-refractivity contribution in [2.45, 2.75) is 32.2 Å². The van der Waals surface area contributed by atoms with E-state index in [9.17, 15) is 4.79 Å². The van der Waals surface area contributed by atoms with E-state index in [0.29, 0.717) is 18.3 Å². The summed E-state index contributed by atoms with van der Waals surface area (Å²) in [6, 6.07) is 4.30. The van der Waals surface area contributed by atoms with E-state index >= 15 is 0 Å². The third-order valence-corrected chi connectivity index (χ3v) is 2.48. The van der Waals surface area contributed by atoms with E-state index < -0.39 is 0 Å². The van der Waals surface area contributed by atoms with E-state index in [-0.39, 0.29) is 5.91 Å². The van der Waals surface area contributed by atoms with E-state index in [0.717, 1.165) is 12.1 Å². The van der Waals surface area contributed by atoms with Crippen molar-refractivity contribution in [1.29, 1.82) is 0 Å². The van der Waals surface area contributed by atoms with Crippen molar-refractivity contribution in [1.82, 2.24) is 10.3 Å². The van der Waals surface area contributed by atoms with Crippen molar-refractivity contribution in [3.8, 4) is 0 Å². The van der Waals surface area contributed by atoms with Gasteiger partial charge in [0.1, 0.15) is 5.69 Å². The number of pyridine rings is 1. The van der Waals surface area contributed by atoms with Gasteiger partial charge in [0.25, 0.3) is 5.91 Å². The molecule has 1 aromatic heterocycles. The molecule has 0 bridgehead atoms. The van der Waals surface area contributed by atoms with Gasteiger partial charge in [-0.2, -0.15) is 0 Å². The molecule has 2 rings (SSSR count). The molecule has 4 nitrogen and oxygen atoms in total. The number of nitrogens with one attached hydrogen (secondary N) is 2. The maximum atomic E-state index is 11.7. The largest absolute Gasteiger partial charge is 0.382 e. The van der Waals surface area contributed by atoms with Crippen molar-refractivity contribution in [2.75, 3.05) is 11.9 Å². The maximum absolute atomic E-state index is 11.7. The molecule has 0 unspecified atom stereocenters. The minimum Gasteiger partial charge on any atom is -0.382 e. The first-order valence-electron chi connectivity index (χ1n) is 5.80. The van der Waals surface area contributed by atoms with Crippen LogP contribution in [0.25, 0.3) is 0 Å². The Morgan fingerprint density at radius 2 is 2.38 bits per heavy atom. The Labute approximate surface area is 95.5 Å². The number of hydrogen-bond donors (Lipinski definition) is 2.